The standard InChI is InChI=1S/C29H30N2O3S/c1-4-30(5-2)25-16-15-24(26(18-25)34-20-23-9-7-6-8-10-23)17-27-28(32)31(29(33)35-27)19-22-13-11-21(3)12-14-22/h6-18H,4-5,19-20H2,1-3H3/b27-17-. The minimum absolute atomic E-state index is 0.256. The van der Waals surface area contributed by atoms with Gasteiger partial charge in [0.25, 0.3) is 11.1 Å². The highest BCUT2D eigenvalue weighted by Gasteiger charge is 2.35. The molecule has 4 rings (SSSR count). The Balaban J connectivity index is 1.60. The summed E-state index contributed by atoms with van der Waals surface area (Å²) in [5.74, 6) is 0.408. The van der Waals surface area contributed by atoms with Crippen LogP contribution in [0.2, 0.25) is 0 Å². The summed E-state index contributed by atoms with van der Waals surface area (Å²) in [7, 11) is 0. The molecule has 0 aromatic heterocycles. The van der Waals surface area contributed by atoms with E-state index in [1.54, 1.807) is 6.08 Å². The highest BCUT2D eigenvalue weighted by molar-refractivity contribution is 8.18. The lowest BCUT2D eigenvalue weighted by Gasteiger charge is -2.22. The fraction of sp³-hybridized carbons (Fsp3) is 0.241. The van der Waals surface area contributed by atoms with E-state index in [1.165, 1.54) is 4.90 Å². The van der Waals surface area contributed by atoms with Crippen molar-refractivity contribution in [1.82, 2.24) is 4.90 Å². The van der Waals surface area contributed by atoms with E-state index < -0.39 is 0 Å². The molecule has 3 aromatic carbocycles. The number of rotatable bonds is 9. The van der Waals surface area contributed by atoms with Crippen LogP contribution in [0.25, 0.3) is 6.08 Å². The van der Waals surface area contributed by atoms with E-state index in [0.29, 0.717) is 17.3 Å². The second kappa shape index (κ2) is 11.3. The molecule has 3 aromatic rings. The maximum atomic E-state index is 13.1. The van der Waals surface area contributed by atoms with Gasteiger partial charge in [0.05, 0.1) is 11.4 Å². The summed E-state index contributed by atoms with van der Waals surface area (Å²) in [5.41, 5.74) is 4.96. The Bertz CT molecular complexity index is 1220. The molecule has 6 heteroatoms. The van der Waals surface area contributed by atoms with Crippen molar-refractivity contribution in [3.05, 3.63) is 100.0 Å². The second-order valence-corrected chi connectivity index (χ2v) is 9.42. The van der Waals surface area contributed by atoms with E-state index in [0.717, 1.165) is 52.8 Å². The number of carbonyl (C=O) groups is 2. The highest BCUT2D eigenvalue weighted by Crippen LogP contribution is 2.36. The van der Waals surface area contributed by atoms with Gasteiger partial charge in [0.2, 0.25) is 0 Å². The minimum atomic E-state index is -0.276. The lowest BCUT2D eigenvalue weighted by atomic mass is 10.1. The molecule has 0 radical (unpaired) electrons. The summed E-state index contributed by atoms with van der Waals surface area (Å²) in [6, 6.07) is 23.8. The number of carbonyl (C=O) groups excluding carboxylic acids is 2. The van der Waals surface area contributed by atoms with Crippen LogP contribution < -0.4 is 9.64 Å². The molecule has 180 valence electrons. The van der Waals surface area contributed by atoms with E-state index in [-0.39, 0.29) is 17.7 Å². The SMILES string of the molecule is CCN(CC)c1ccc(/C=C2\SC(=O)N(Cc3ccc(C)cc3)C2=O)c(OCc2ccccc2)c1. The largest absolute Gasteiger partial charge is 0.488 e. The predicted octanol–water partition coefficient (Wildman–Crippen LogP) is 6.66. The van der Waals surface area contributed by atoms with Crippen LogP contribution in [0.5, 0.6) is 5.75 Å². The van der Waals surface area contributed by atoms with Crippen LogP contribution in [-0.4, -0.2) is 29.1 Å². The lowest BCUT2D eigenvalue weighted by molar-refractivity contribution is -0.123. The average molecular weight is 487 g/mol. The maximum Gasteiger partial charge on any atom is 0.293 e. The van der Waals surface area contributed by atoms with E-state index >= 15 is 0 Å². The average Bonchev–Trinajstić information content (AvgIpc) is 3.13. The molecule has 1 fully saturated rings. The van der Waals surface area contributed by atoms with Gasteiger partial charge in [-0.25, -0.2) is 0 Å². The van der Waals surface area contributed by atoms with Crippen LogP contribution in [-0.2, 0) is 17.9 Å². The molecule has 0 spiro atoms. The molecule has 2 amide bonds. The molecule has 1 aliphatic rings. The number of anilines is 1. The van der Waals surface area contributed by atoms with Crippen LogP contribution in [0, 0.1) is 6.92 Å². The molecule has 0 atom stereocenters. The zero-order valence-electron chi connectivity index (χ0n) is 20.4. The van der Waals surface area contributed by atoms with Gasteiger partial charge in [-0.05, 0) is 61.9 Å². The Labute approximate surface area is 211 Å². The number of ether oxygens (including phenoxy) is 1. The van der Waals surface area contributed by atoms with E-state index in [4.69, 9.17) is 4.74 Å². The fourth-order valence-electron chi connectivity index (χ4n) is 3.94. The third-order valence-corrected chi connectivity index (χ3v) is 6.89. The Morgan fingerprint density at radius 1 is 0.914 bits per heavy atom. The monoisotopic (exact) mass is 486 g/mol. The topological polar surface area (TPSA) is 49.9 Å². The number of benzene rings is 3. The van der Waals surface area contributed by atoms with Crippen LogP contribution in [0.1, 0.15) is 36.1 Å². The summed E-state index contributed by atoms with van der Waals surface area (Å²) in [5, 5.41) is -0.256. The summed E-state index contributed by atoms with van der Waals surface area (Å²) >= 11 is 0.974. The minimum Gasteiger partial charge on any atom is -0.488 e. The molecule has 1 aliphatic heterocycles. The van der Waals surface area contributed by atoms with E-state index in [9.17, 15) is 9.59 Å². The van der Waals surface area contributed by atoms with Gasteiger partial charge >= 0.3 is 0 Å². The first kappa shape index (κ1) is 24.6. The second-order valence-electron chi connectivity index (χ2n) is 8.42. The van der Waals surface area contributed by atoms with Crippen LogP contribution in [0.3, 0.4) is 0 Å². The third-order valence-electron chi connectivity index (χ3n) is 5.98. The molecule has 0 aliphatic carbocycles. The van der Waals surface area contributed by atoms with Crippen molar-refractivity contribution >= 4 is 34.7 Å². The predicted molar refractivity (Wildman–Crippen MR) is 143 cm³/mol. The third kappa shape index (κ3) is 5.95. The molecule has 0 saturated carbocycles. The molecule has 0 bridgehead atoms. The summed E-state index contributed by atoms with van der Waals surface area (Å²) in [4.78, 5) is 29.7. The van der Waals surface area contributed by atoms with Gasteiger partial charge in [-0.15, -0.1) is 0 Å². The maximum absolute atomic E-state index is 13.1. The number of aryl methyl sites for hydroxylation is 1. The summed E-state index contributed by atoms with van der Waals surface area (Å²) in [6.45, 7) is 8.68. The zero-order valence-corrected chi connectivity index (χ0v) is 21.2. The molecule has 5 nitrogen and oxygen atoms in total. The number of imide groups is 1. The van der Waals surface area contributed by atoms with Crippen molar-refractivity contribution in [3.8, 4) is 5.75 Å². The van der Waals surface area contributed by atoms with Crippen molar-refractivity contribution in [3.63, 3.8) is 0 Å². The molecular weight excluding hydrogens is 456 g/mol. The fourth-order valence-corrected chi connectivity index (χ4v) is 4.77. The van der Waals surface area contributed by atoms with Gasteiger partial charge in [-0.2, -0.15) is 0 Å². The van der Waals surface area contributed by atoms with Gasteiger partial charge in [0.1, 0.15) is 12.4 Å². The smallest absolute Gasteiger partial charge is 0.293 e. The quantitative estimate of drug-likeness (QED) is 0.317. The molecule has 0 unspecified atom stereocenters. The Morgan fingerprint density at radius 3 is 2.31 bits per heavy atom. The molecule has 1 saturated heterocycles. The van der Waals surface area contributed by atoms with Crippen LogP contribution in [0.4, 0.5) is 10.5 Å². The number of hydrogen-bond donors (Lipinski definition) is 0. The van der Waals surface area contributed by atoms with Crippen molar-refractivity contribution in [2.24, 2.45) is 0 Å². The first-order chi connectivity index (χ1) is 17.0. The number of thioether (sulfide) groups is 1. The molecule has 1 heterocycles. The van der Waals surface area contributed by atoms with Gasteiger partial charge in [-0.1, -0.05) is 60.2 Å². The van der Waals surface area contributed by atoms with E-state index in [2.05, 4.69) is 18.7 Å². The first-order valence-electron chi connectivity index (χ1n) is 11.8. The van der Waals surface area contributed by atoms with Gasteiger partial charge < -0.3 is 9.64 Å². The Kier molecular flexibility index (Phi) is 7.93. The van der Waals surface area contributed by atoms with Crippen molar-refractivity contribution in [2.45, 2.75) is 33.9 Å². The van der Waals surface area contributed by atoms with Crippen LogP contribution in [0.15, 0.2) is 77.7 Å². The molecule has 35 heavy (non-hydrogen) atoms. The highest BCUT2D eigenvalue weighted by atomic mass is 32.2. The van der Waals surface area contributed by atoms with Crippen LogP contribution >= 0.6 is 11.8 Å². The number of hydrogen-bond acceptors (Lipinski definition) is 5. The lowest BCUT2D eigenvalue weighted by Crippen LogP contribution is -2.27. The number of nitrogens with zero attached hydrogens (tertiary/aromatic N) is 2. The zero-order chi connectivity index (χ0) is 24.8. The number of amides is 2. The van der Waals surface area contributed by atoms with Crippen molar-refractivity contribution in [1.29, 1.82) is 0 Å². The first-order valence-corrected chi connectivity index (χ1v) is 12.7. The summed E-state index contributed by atoms with van der Waals surface area (Å²) < 4.78 is 6.22. The Morgan fingerprint density at radius 2 is 1.63 bits per heavy atom. The van der Waals surface area contributed by atoms with Gasteiger partial charge in [0, 0.05) is 30.4 Å². The van der Waals surface area contributed by atoms with E-state index in [1.807, 2.05) is 79.7 Å². The summed E-state index contributed by atoms with van der Waals surface area (Å²) in [6.07, 6.45) is 1.77. The Hall–Kier alpha value is -3.51. The van der Waals surface area contributed by atoms with Gasteiger partial charge in [0.15, 0.2) is 0 Å². The van der Waals surface area contributed by atoms with Crippen molar-refractivity contribution < 1.29 is 14.3 Å². The molecule has 0 N–H and O–H groups in total. The van der Waals surface area contributed by atoms with Crippen molar-refractivity contribution in [2.75, 3.05) is 18.0 Å². The molecular formula is C29H30N2O3S. The normalized spacial score (nSPS) is 14.6. The van der Waals surface area contributed by atoms with Gasteiger partial charge in [-0.3, -0.25) is 14.5 Å².